The fourth-order valence-electron chi connectivity index (χ4n) is 5.27. The van der Waals surface area contributed by atoms with E-state index in [1.54, 1.807) is 30.3 Å². The molecule has 3 N–H and O–H groups in total. The Bertz CT molecular complexity index is 1870. The van der Waals surface area contributed by atoms with Crippen molar-refractivity contribution in [3.63, 3.8) is 0 Å². The molecule has 4 aromatic rings. The third-order valence-electron chi connectivity index (χ3n) is 7.84. The quantitative estimate of drug-likeness (QED) is 0.274. The molecule has 0 bridgehead atoms. The van der Waals surface area contributed by atoms with Crippen LogP contribution in [0.2, 0.25) is 5.02 Å². The average Bonchev–Trinajstić information content (AvgIpc) is 3.42. The van der Waals surface area contributed by atoms with Gasteiger partial charge in [0.05, 0.1) is 37.5 Å². The number of ether oxygens (including phenoxy) is 2. The number of carbonyl (C=O) groups excluding carboxylic acids is 1. The summed E-state index contributed by atoms with van der Waals surface area (Å²) in [5, 5.41) is 16.3. The fraction of sp³-hybridized carbons (Fsp3) is 0.281. The lowest BCUT2D eigenvalue weighted by molar-refractivity contribution is 0.102. The van der Waals surface area contributed by atoms with E-state index in [1.165, 1.54) is 38.0 Å². The topological polar surface area (TPSA) is 124 Å². The van der Waals surface area contributed by atoms with Gasteiger partial charge in [-0.1, -0.05) is 41.9 Å². The van der Waals surface area contributed by atoms with Gasteiger partial charge in [-0.2, -0.15) is 0 Å². The lowest BCUT2D eigenvalue weighted by Gasteiger charge is -2.18. The van der Waals surface area contributed by atoms with Crippen LogP contribution < -0.4 is 26.6 Å². The maximum atomic E-state index is 15.4. The summed E-state index contributed by atoms with van der Waals surface area (Å²) in [6, 6.07) is 13.5. The molecule has 10 nitrogen and oxygen atoms in total. The van der Waals surface area contributed by atoms with Gasteiger partial charge in [0.15, 0.2) is 0 Å². The fourth-order valence-corrected chi connectivity index (χ4v) is 5.61. The summed E-state index contributed by atoms with van der Waals surface area (Å²) in [6.45, 7) is 2.51. The number of hydrogen-bond acceptors (Lipinski definition) is 7. The number of halogens is 2. The van der Waals surface area contributed by atoms with Gasteiger partial charge >= 0.3 is 5.69 Å². The molecule has 44 heavy (non-hydrogen) atoms. The van der Waals surface area contributed by atoms with Crippen LogP contribution in [0.15, 0.2) is 64.3 Å². The van der Waals surface area contributed by atoms with Crippen molar-refractivity contribution in [2.24, 2.45) is 14.1 Å². The maximum absolute atomic E-state index is 15.4. The van der Waals surface area contributed by atoms with Gasteiger partial charge in [-0.15, -0.1) is 0 Å². The normalized spacial score (nSPS) is 16.2. The molecule has 3 aromatic carbocycles. The zero-order valence-corrected chi connectivity index (χ0v) is 25.4. The van der Waals surface area contributed by atoms with E-state index in [2.05, 4.69) is 10.6 Å². The number of carbonyl (C=O) groups is 1. The van der Waals surface area contributed by atoms with Gasteiger partial charge in [0, 0.05) is 49.2 Å². The first-order valence-corrected chi connectivity index (χ1v) is 14.2. The van der Waals surface area contributed by atoms with Crippen LogP contribution in [0, 0.1) is 12.7 Å². The molecule has 1 aliphatic rings. The first-order valence-electron chi connectivity index (χ1n) is 13.8. The molecule has 5 rings (SSSR count). The predicted molar refractivity (Wildman–Crippen MR) is 166 cm³/mol. The molecule has 1 aliphatic heterocycles. The molecular weight excluding hydrogens is 591 g/mol. The molecule has 0 unspecified atom stereocenters. The number of amides is 1. The minimum Gasteiger partial charge on any atom is -0.496 e. The molecular formula is C32H32ClFN4O6. The van der Waals surface area contributed by atoms with Gasteiger partial charge < -0.3 is 29.8 Å². The first kappa shape index (κ1) is 31.1. The highest BCUT2D eigenvalue weighted by atomic mass is 35.5. The Balaban J connectivity index is 1.46. The van der Waals surface area contributed by atoms with Crippen molar-refractivity contribution in [2.45, 2.75) is 25.6 Å². The lowest BCUT2D eigenvalue weighted by Crippen LogP contribution is -2.40. The summed E-state index contributed by atoms with van der Waals surface area (Å²) in [5.41, 5.74) is 2.47. The van der Waals surface area contributed by atoms with E-state index in [-0.39, 0.29) is 24.8 Å². The summed E-state index contributed by atoms with van der Waals surface area (Å²) in [6.07, 6.45) is 0.543. The molecule has 1 saturated heterocycles. The molecule has 1 fully saturated rings. The number of aliphatic hydroxyl groups is 1. The lowest BCUT2D eigenvalue weighted by atomic mass is 9.94. The van der Waals surface area contributed by atoms with Gasteiger partial charge in [-0.05, 0) is 41.8 Å². The number of aliphatic hydroxyl groups excluding tert-OH is 1. The maximum Gasteiger partial charge on any atom is 0.330 e. The Morgan fingerprint density at radius 2 is 1.82 bits per heavy atom. The largest absolute Gasteiger partial charge is 0.496 e. The van der Waals surface area contributed by atoms with E-state index < -0.39 is 29.1 Å². The van der Waals surface area contributed by atoms with Gasteiger partial charge in [-0.25, -0.2) is 9.18 Å². The number of aromatic nitrogens is 2. The summed E-state index contributed by atoms with van der Waals surface area (Å²) in [5.74, 6) is -0.826. The molecule has 1 amide bonds. The average molecular weight is 623 g/mol. The van der Waals surface area contributed by atoms with Crippen LogP contribution in [0.5, 0.6) is 5.75 Å². The molecule has 12 heteroatoms. The number of rotatable bonds is 8. The highest BCUT2D eigenvalue weighted by molar-refractivity contribution is 6.36. The third-order valence-corrected chi connectivity index (χ3v) is 8.25. The second kappa shape index (κ2) is 12.7. The Morgan fingerprint density at radius 3 is 2.52 bits per heavy atom. The van der Waals surface area contributed by atoms with Gasteiger partial charge in [-0.3, -0.25) is 14.2 Å². The molecule has 0 spiro atoms. The second-order valence-electron chi connectivity index (χ2n) is 10.6. The van der Waals surface area contributed by atoms with Gasteiger partial charge in [0.2, 0.25) is 0 Å². The number of hydrogen-bond donors (Lipinski definition) is 3. The van der Waals surface area contributed by atoms with Crippen molar-refractivity contribution in [1.82, 2.24) is 14.5 Å². The van der Waals surface area contributed by atoms with Crippen LogP contribution in [0.1, 0.15) is 21.5 Å². The predicted octanol–water partition coefficient (Wildman–Crippen LogP) is 3.63. The van der Waals surface area contributed by atoms with Crippen molar-refractivity contribution >= 4 is 23.2 Å². The monoisotopic (exact) mass is 622 g/mol. The van der Waals surface area contributed by atoms with E-state index >= 15 is 4.39 Å². The molecule has 230 valence electrons. The Kier molecular flexibility index (Phi) is 9.02. The van der Waals surface area contributed by atoms with Crippen LogP contribution in [-0.4, -0.2) is 52.6 Å². The smallest absolute Gasteiger partial charge is 0.330 e. The van der Waals surface area contributed by atoms with Crippen molar-refractivity contribution < 1.29 is 23.8 Å². The van der Waals surface area contributed by atoms with Crippen LogP contribution >= 0.6 is 11.6 Å². The number of nitrogens with zero attached hydrogens (tertiary/aromatic N) is 2. The van der Waals surface area contributed by atoms with Crippen molar-refractivity contribution in [1.29, 1.82) is 0 Å². The molecule has 1 aromatic heterocycles. The minimum absolute atomic E-state index is 0.136. The highest BCUT2D eigenvalue weighted by Gasteiger charge is 2.26. The summed E-state index contributed by atoms with van der Waals surface area (Å²) in [7, 11) is 4.23. The van der Waals surface area contributed by atoms with E-state index in [0.29, 0.717) is 56.4 Å². The Hall–Kier alpha value is -4.29. The number of aryl methyl sites for hydroxylation is 1. The summed E-state index contributed by atoms with van der Waals surface area (Å²) < 4.78 is 28.3. The second-order valence-corrected chi connectivity index (χ2v) is 11.0. The standard InChI is InChI=1S/C32H32ClFN4O6/c1-17-19(7-6-10-25(17)36-30(40)23-14-37(2)32(42)38(3)31(23)41)21-9-5-8-20(29(21)33)18-11-24(34)22(28(12-18)43-4)13-35-26-15-44-16-27(26)39/h5-12,14,26-27,35,39H,13,15-16H2,1-4H3,(H,36,40)/t26-,27-/m0/s1. The van der Waals surface area contributed by atoms with Crippen molar-refractivity contribution in [3.05, 3.63) is 103 Å². The number of anilines is 1. The highest BCUT2D eigenvalue weighted by Crippen LogP contribution is 2.40. The first-order chi connectivity index (χ1) is 21.0. The van der Waals surface area contributed by atoms with E-state index in [4.69, 9.17) is 21.1 Å². The van der Waals surface area contributed by atoms with Crippen molar-refractivity contribution in [3.8, 4) is 28.0 Å². The molecule has 2 heterocycles. The van der Waals surface area contributed by atoms with Gasteiger partial charge in [0.1, 0.15) is 17.1 Å². The minimum atomic E-state index is -0.704. The number of nitrogens with one attached hydrogen (secondary N) is 2. The SMILES string of the molecule is COc1cc(-c2cccc(-c3cccc(NC(=O)c4cn(C)c(=O)n(C)c4=O)c3C)c2Cl)cc(F)c1CN[C@H]1COC[C@@H]1O. The van der Waals surface area contributed by atoms with Crippen LogP contribution in [0.25, 0.3) is 22.3 Å². The summed E-state index contributed by atoms with van der Waals surface area (Å²) >= 11 is 6.94. The Labute approximate surface area is 257 Å². The summed E-state index contributed by atoms with van der Waals surface area (Å²) in [4.78, 5) is 37.7. The van der Waals surface area contributed by atoms with Crippen LogP contribution in [0.3, 0.4) is 0 Å². The van der Waals surface area contributed by atoms with Crippen molar-refractivity contribution in [2.75, 3.05) is 25.6 Å². The molecule has 2 atom stereocenters. The zero-order valence-electron chi connectivity index (χ0n) is 24.6. The van der Waals surface area contributed by atoms with Gasteiger partial charge in [0.25, 0.3) is 11.5 Å². The van der Waals surface area contributed by atoms with Crippen LogP contribution in [0.4, 0.5) is 10.1 Å². The Morgan fingerprint density at radius 1 is 1.11 bits per heavy atom. The van der Waals surface area contributed by atoms with E-state index in [1.807, 2.05) is 19.1 Å². The molecule has 0 aliphatic carbocycles. The van der Waals surface area contributed by atoms with E-state index in [9.17, 15) is 19.5 Å². The zero-order chi connectivity index (χ0) is 31.7. The number of methoxy groups -OCH3 is 1. The van der Waals surface area contributed by atoms with E-state index in [0.717, 1.165) is 4.57 Å². The third kappa shape index (κ3) is 5.91. The van der Waals surface area contributed by atoms with Crippen LogP contribution in [-0.2, 0) is 25.4 Å². The number of benzene rings is 3. The molecule has 0 saturated carbocycles. The molecule has 0 radical (unpaired) electrons.